The molecule has 0 bridgehead atoms. The van der Waals surface area contributed by atoms with Gasteiger partial charge in [-0.2, -0.15) is 0 Å². The second-order valence-corrected chi connectivity index (χ2v) is 11.2. The van der Waals surface area contributed by atoms with Crippen LogP contribution in [-0.2, 0) is 30.6 Å². The molecular formula is C26H34Br2N6O7. The van der Waals surface area contributed by atoms with Gasteiger partial charge < -0.3 is 32.1 Å². The number of imide groups is 1. The zero-order valence-corrected chi connectivity index (χ0v) is 25.8. The first-order valence-electron chi connectivity index (χ1n) is 12.9. The maximum Gasteiger partial charge on any atom is 0.312 e. The smallest absolute Gasteiger partial charge is 0.312 e. The Bertz CT molecular complexity index is 1170. The SMILES string of the molecule is CC(C)[C@H](NC(=O)CCCN1C(=O)C(Br)=C(Br)C1=O)C(=O)N[C@@H](CCCNC(N)=O)C(=O)Nc1ccc(CO)cc1. The Morgan fingerprint density at radius 2 is 1.56 bits per heavy atom. The molecule has 13 nitrogen and oxygen atoms in total. The van der Waals surface area contributed by atoms with Crippen molar-refractivity contribution >= 4 is 73.1 Å². The summed E-state index contributed by atoms with van der Waals surface area (Å²) in [7, 11) is 0. The van der Waals surface area contributed by atoms with Crippen LogP contribution in [0.3, 0.4) is 0 Å². The zero-order chi connectivity index (χ0) is 30.7. The van der Waals surface area contributed by atoms with E-state index >= 15 is 0 Å². The molecule has 0 aliphatic carbocycles. The number of aliphatic hydroxyl groups excluding tert-OH is 1. The largest absolute Gasteiger partial charge is 0.392 e. The maximum absolute atomic E-state index is 13.2. The first-order chi connectivity index (χ1) is 19.3. The number of carbonyl (C=O) groups is 6. The first kappa shape index (κ1) is 33.9. The van der Waals surface area contributed by atoms with E-state index in [1.54, 1.807) is 38.1 Å². The van der Waals surface area contributed by atoms with E-state index in [-0.39, 0.29) is 53.8 Å². The number of nitrogens with zero attached hydrogens (tertiary/aromatic N) is 1. The van der Waals surface area contributed by atoms with E-state index < -0.39 is 47.7 Å². The van der Waals surface area contributed by atoms with E-state index in [9.17, 15) is 33.9 Å². The molecule has 224 valence electrons. The van der Waals surface area contributed by atoms with E-state index in [1.807, 2.05) is 0 Å². The number of rotatable bonds is 15. The molecule has 1 aromatic carbocycles. The van der Waals surface area contributed by atoms with Gasteiger partial charge in [0.1, 0.15) is 21.0 Å². The molecule has 0 radical (unpaired) electrons. The van der Waals surface area contributed by atoms with Gasteiger partial charge in [-0.15, -0.1) is 0 Å². The molecule has 1 heterocycles. The van der Waals surface area contributed by atoms with Crippen LogP contribution in [0.4, 0.5) is 10.5 Å². The van der Waals surface area contributed by atoms with Gasteiger partial charge in [-0.3, -0.25) is 28.9 Å². The lowest BCUT2D eigenvalue weighted by molar-refractivity contribution is -0.137. The Morgan fingerprint density at radius 1 is 0.951 bits per heavy atom. The van der Waals surface area contributed by atoms with Crippen LogP contribution in [0.2, 0.25) is 0 Å². The van der Waals surface area contributed by atoms with Gasteiger partial charge in [0.15, 0.2) is 0 Å². The average molecular weight is 702 g/mol. The normalized spacial score (nSPS) is 14.6. The lowest BCUT2D eigenvalue weighted by Gasteiger charge is -2.25. The number of primary amides is 1. The molecule has 7 amide bonds. The summed E-state index contributed by atoms with van der Waals surface area (Å²) in [6.45, 7) is 3.54. The molecule has 0 fully saturated rings. The third-order valence-corrected chi connectivity index (χ3v) is 8.12. The molecule has 2 atom stereocenters. The zero-order valence-electron chi connectivity index (χ0n) is 22.7. The molecular weight excluding hydrogens is 668 g/mol. The van der Waals surface area contributed by atoms with E-state index in [0.717, 1.165) is 4.90 Å². The second kappa shape index (κ2) is 16.2. The van der Waals surface area contributed by atoms with E-state index in [1.165, 1.54) is 0 Å². The van der Waals surface area contributed by atoms with Crippen LogP contribution < -0.4 is 27.0 Å². The summed E-state index contributed by atoms with van der Waals surface area (Å²) in [5.74, 6) is -2.87. The highest BCUT2D eigenvalue weighted by molar-refractivity contribution is 9.14. The minimum absolute atomic E-state index is 0.0225. The molecule has 0 spiro atoms. The molecule has 2 rings (SSSR count). The molecule has 7 N–H and O–H groups in total. The Balaban J connectivity index is 2.00. The molecule has 0 saturated carbocycles. The van der Waals surface area contributed by atoms with E-state index in [4.69, 9.17) is 5.73 Å². The number of aliphatic hydroxyl groups is 1. The number of urea groups is 1. The van der Waals surface area contributed by atoms with Gasteiger partial charge >= 0.3 is 6.03 Å². The van der Waals surface area contributed by atoms with Crippen molar-refractivity contribution < 1.29 is 33.9 Å². The van der Waals surface area contributed by atoms with E-state index in [0.29, 0.717) is 17.7 Å². The second-order valence-electron chi connectivity index (χ2n) is 9.62. The monoisotopic (exact) mass is 700 g/mol. The van der Waals surface area contributed by atoms with Crippen molar-refractivity contribution in [1.82, 2.24) is 20.9 Å². The number of benzene rings is 1. The van der Waals surface area contributed by atoms with Crippen molar-refractivity contribution in [2.24, 2.45) is 11.7 Å². The first-order valence-corrected chi connectivity index (χ1v) is 14.5. The fourth-order valence-electron chi connectivity index (χ4n) is 3.87. The summed E-state index contributed by atoms with van der Waals surface area (Å²) >= 11 is 6.10. The van der Waals surface area contributed by atoms with Gasteiger partial charge in [0.2, 0.25) is 17.7 Å². The molecule has 0 unspecified atom stereocenters. The van der Waals surface area contributed by atoms with Gasteiger partial charge in [0.05, 0.1) is 6.61 Å². The summed E-state index contributed by atoms with van der Waals surface area (Å²) in [6.07, 6.45) is 0.638. The summed E-state index contributed by atoms with van der Waals surface area (Å²) in [4.78, 5) is 75.2. The van der Waals surface area contributed by atoms with Crippen molar-refractivity contribution in [1.29, 1.82) is 0 Å². The minimum atomic E-state index is -0.996. The van der Waals surface area contributed by atoms with Crippen molar-refractivity contribution in [2.75, 3.05) is 18.4 Å². The number of anilines is 1. The topological polar surface area (TPSA) is 200 Å². The van der Waals surface area contributed by atoms with Crippen LogP contribution in [0, 0.1) is 5.92 Å². The molecule has 15 heteroatoms. The lowest BCUT2D eigenvalue weighted by atomic mass is 10.0. The van der Waals surface area contributed by atoms with Gasteiger partial charge in [-0.1, -0.05) is 26.0 Å². The summed E-state index contributed by atoms with van der Waals surface area (Å²) in [6, 6.07) is 3.85. The van der Waals surface area contributed by atoms with Crippen LogP contribution in [0.25, 0.3) is 0 Å². The molecule has 1 aromatic rings. The van der Waals surface area contributed by atoms with Gasteiger partial charge in [-0.25, -0.2) is 4.79 Å². The highest BCUT2D eigenvalue weighted by Crippen LogP contribution is 2.29. The molecule has 41 heavy (non-hydrogen) atoms. The highest BCUT2D eigenvalue weighted by Gasteiger charge is 2.35. The Kier molecular flexibility index (Phi) is 13.4. The molecule has 1 aliphatic rings. The molecule has 0 aromatic heterocycles. The fourth-order valence-corrected chi connectivity index (χ4v) is 4.64. The highest BCUT2D eigenvalue weighted by atomic mass is 79.9. The molecule has 1 aliphatic heterocycles. The Labute approximate surface area is 254 Å². The number of halogens is 2. The number of hydrogen-bond acceptors (Lipinski definition) is 7. The number of carbonyl (C=O) groups excluding carboxylic acids is 6. The van der Waals surface area contributed by atoms with Crippen LogP contribution in [0.1, 0.15) is 45.1 Å². The fraction of sp³-hybridized carbons (Fsp3) is 0.462. The minimum Gasteiger partial charge on any atom is -0.392 e. The van der Waals surface area contributed by atoms with E-state index in [2.05, 4.69) is 53.1 Å². The number of hydrogen-bond donors (Lipinski definition) is 6. The van der Waals surface area contributed by atoms with Gasteiger partial charge in [0, 0.05) is 25.2 Å². The van der Waals surface area contributed by atoms with Gasteiger partial charge in [-0.05, 0) is 74.7 Å². The lowest BCUT2D eigenvalue weighted by Crippen LogP contribution is -2.54. The van der Waals surface area contributed by atoms with Crippen molar-refractivity contribution in [3.05, 3.63) is 38.8 Å². The Morgan fingerprint density at radius 3 is 2.10 bits per heavy atom. The summed E-state index contributed by atoms with van der Waals surface area (Å²) < 4.78 is 0.240. The predicted octanol–water partition coefficient (Wildman–Crippen LogP) is 1.34. The van der Waals surface area contributed by atoms with Crippen molar-refractivity contribution in [3.8, 4) is 0 Å². The van der Waals surface area contributed by atoms with Gasteiger partial charge in [0.25, 0.3) is 11.8 Å². The predicted molar refractivity (Wildman–Crippen MR) is 157 cm³/mol. The summed E-state index contributed by atoms with van der Waals surface area (Å²) in [5, 5.41) is 19.7. The van der Waals surface area contributed by atoms with Crippen LogP contribution >= 0.6 is 31.9 Å². The van der Waals surface area contributed by atoms with Crippen molar-refractivity contribution in [2.45, 2.75) is 58.2 Å². The summed E-state index contributed by atoms with van der Waals surface area (Å²) in [5.41, 5.74) is 6.21. The number of nitrogens with one attached hydrogen (secondary N) is 4. The van der Waals surface area contributed by atoms with Crippen molar-refractivity contribution in [3.63, 3.8) is 0 Å². The van der Waals surface area contributed by atoms with Crippen LogP contribution in [-0.4, -0.2) is 70.7 Å². The number of nitrogens with two attached hydrogens (primary N) is 1. The Hall–Kier alpha value is -3.30. The maximum atomic E-state index is 13.2. The van der Waals surface area contributed by atoms with Crippen LogP contribution in [0.5, 0.6) is 0 Å². The third-order valence-electron chi connectivity index (χ3n) is 6.12. The molecule has 0 saturated heterocycles. The van der Waals surface area contributed by atoms with Crippen LogP contribution in [0.15, 0.2) is 33.2 Å². The standard InChI is InChI=1S/C26H34Br2N6O7/c1-14(2)21(33-18(36)6-4-12-34-24(39)19(27)20(28)25(34)40)23(38)32-17(5-3-11-30-26(29)41)22(37)31-16-9-7-15(13-35)8-10-16/h7-10,14,17,21,35H,3-6,11-13H2,1-2H3,(H,31,37)(H,32,38)(H,33,36)(H3,29,30,41)/t17-,21-/m0/s1. The number of amides is 7. The third kappa shape index (κ3) is 10.2. The quantitative estimate of drug-likeness (QED) is 0.117. The average Bonchev–Trinajstić information content (AvgIpc) is 3.11.